The summed E-state index contributed by atoms with van der Waals surface area (Å²) < 4.78 is 44.5. The van der Waals surface area contributed by atoms with Crippen molar-refractivity contribution in [2.75, 3.05) is 23.6 Å². The predicted molar refractivity (Wildman–Crippen MR) is 108 cm³/mol. The highest BCUT2D eigenvalue weighted by molar-refractivity contribution is 7.84. The zero-order valence-electron chi connectivity index (χ0n) is 16.9. The van der Waals surface area contributed by atoms with Gasteiger partial charge in [0.05, 0.1) is 23.6 Å². The van der Waals surface area contributed by atoms with Crippen molar-refractivity contribution in [3.8, 4) is 5.75 Å². The van der Waals surface area contributed by atoms with Crippen molar-refractivity contribution in [1.29, 1.82) is 0 Å². The summed E-state index contributed by atoms with van der Waals surface area (Å²) in [6.45, 7) is 3.35. The number of nitrogens with one attached hydrogen (secondary N) is 1. The van der Waals surface area contributed by atoms with E-state index in [0.717, 1.165) is 18.1 Å². The lowest BCUT2D eigenvalue weighted by Gasteiger charge is -2.26. The van der Waals surface area contributed by atoms with E-state index < -0.39 is 51.5 Å². The quantitative estimate of drug-likeness (QED) is 0.777. The van der Waals surface area contributed by atoms with Gasteiger partial charge in [0.2, 0.25) is 17.6 Å². The van der Waals surface area contributed by atoms with E-state index >= 15 is 0 Å². The molecule has 0 saturated carbocycles. The Bertz CT molecular complexity index is 1040. The van der Waals surface area contributed by atoms with Crippen LogP contribution in [0.25, 0.3) is 0 Å². The second-order valence-corrected chi connectivity index (χ2v) is 8.85. The van der Waals surface area contributed by atoms with Crippen molar-refractivity contribution < 1.29 is 27.3 Å². The molecule has 10 heteroatoms. The molecule has 2 atom stereocenters. The molecule has 0 spiro atoms. The number of nitrogens with zero attached hydrogens (tertiary/aromatic N) is 2. The van der Waals surface area contributed by atoms with Gasteiger partial charge in [0.1, 0.15) is 11.1 Å². The summed E-state index contributed by atoms with van der Waals surface area (Å²) in [5.41, 5.74) is -0.585. The molecule has 1 aliphatic rings. The van der Waals surface area contributed by atoms with Crippen LogP contribution < -0.4 is 15.0 Å². The summed E-state index contributed by atoms with van der Waals surface area (Å²) in [6, 6.07) is 4.10. The van der Waals surface area contributed by atoms with Crippen LogP contribution in [-0.2, 0) is 20.4 Å². The highest BCUT2D eigenvalue weighted by atomic mass is 32.2. The van der Waals surface area contributed by atoms with Crippen molar-refractivity contribution in [1.82, 2.24) is 4.98 Å². The standard InChI is InChI=1S/C20H21F2N3O4S/c1-20(2)10-14(18(26)24-11-7-8-23-15(9-11)30(4)28)25(19(20)27)13-6-5-12(21)16(22)17(13)29-3/h5-9,14H,10H2,1-4H3,(H,23,24,26). The maximum Gasteiger partial charge on any atom is 0.247 e. The van der Waals surface area contributed by atoms with E-state index in [1.165, 1.54) is 30.7 Å². The van der Waals surface area contributed by atoms with Crippen LogP contribution in [-0.4, -0.2) is 40.4 Å². The summed E-state index contributed by atoms with van der Waals surface area (Å²) in [6.07, 6.45) is 3.02. The molecule has 3 rings (SSSR count). The van der Waals surface area contributed by atoms with Gasteiger partial charge in [0, 0.05) is 23.6 Å². The summed E-state index contributed by atoms with van der Waals surface area (Å²) in [5, 5.41) is 2.97. The number of pyridine rings is 1. The molecule has 1 saturated heterocycles. The molecule has 1 N–H and O–H groups in total. The summed E-state index contributed by atoms with van der Waals surface area (Å²) in [4.78, 5) is 31.2. The molecule has 0 bridgehead atoms. The van der Waals surface area contributed by atoms with E-state index in [2.05, 4.69) is 10.3 Å². The Hall–Kier alpha value is -2.88. The minimum atomic E-state index is -1.34. The van der Waals surface area contributed by atoms with Crippen molar-refractivity contribution in [3.05, 3.63) is 42.1 Å². The number of ether oxygens (including phenoxy) is 1. The predicted octanol–water partition coefficient (Wildman–Crippen LogP) is 2.88. The lowest BCUT2D eigenvalue weighted by atomic mass is 9.89. The molecule has 30 heavy (non-hydrogen) atoms. The third-order valence-corrected chi connectivity index (χ3v) is 5.72. The Morgan fingerprint density at radius 2 is 2.03 bits per heavy atom. The number of hydrogen-bond acceptors (Lipinski definition) is 5. The highest BCUT2D eigenvalue weighted by Gasteiger charge is 2.50. The molecule has 2 unspecified atom stereocenters. The maximum absolute atomic E-state index is 14.3. The molecule has 0 radical (unpaired) electrons. The Morgan fingerprint density at radius 3 is 2.67 bits per heavy atom. The van der Waals surface area contributed by atoms with E-state index in [-0.39, 0.29) is 17.1 Å². The minimum Gasteiger partial charge on any atom is -0.491 e. The summed E-state index contributed by atoms with van der Waals surface area (Å²) >= 11 is 0. The number of hydrogen-bond donors (Lipinski definition) is 1. The largest absolute Gasteiger partial charge is 0.491 e. The normalized spacial score (nSPS) is 18.9. The molecule has 2 aromatic rings. The molecule has 1 aliphatic heterocycles. The summed E-state index contributed by atoms with van der Waals surface area (Å²) in [7, 11) is -0.183. The first kappa shape index (κ1) is 21.8. The average Bonchev–Trinajstić information content (AvgIpc) is 2.93. The number of rotatable bonds is 5. The molecule has 1 fully saturated rings. The van der Waals surface area contributed by atoms with Gasteiger partial charge in [-0.25, -0.2) is 9.37 Å². The SMILES string of the molecule is COc1c(N2C(=O)C(C)(C)CC2C(=O)Nc2ccnc(S(C)=O)c2)ccc(F)c1F. The Labute approximate surface area is 174 Å². The van der Waals surface area contributed by atoms with Gasteiger partial charge in [-0.05, 0) is 30.7 Å². The molecular weight excluding hydrogens is 416 g/mol. The maximum atomic E-state index is 14.3. The Balaban J connectivity index is 2.00. The fraction of sp³-hybridized carbons (Fsp3) is 0.350. The molecule has 7 nitrogen and oxygen atoms in total. The molecule has 2 heterocycles. The smallest absolute Gasteiger partial charge is 0.247 e. The van der Waals surface area contributed by atoms with E-state index in [4.69, 9.17) is 4.74 Å². The van der Waals surface area contributed by atoms with Gasteiger partial charge < -0.3 is 10.1 Å². The Morgan fingerprint density at radius 1 is 1.33 bits per heavy atom. The van der Waals surface area contributed by atoms with Gasteiger partial charge in [0.15, 0.2) is 11.6 Å². The third-order valence-electron chi connectivity index (χ3n) is 4.91. The number of anilines is 2. The molecule has 1 aromatic carbocycles. The minimum absolute atomic E-state index is 0.0304. The second kappa shape index (κ2) is 8.10. The van der Waals surface area contributed by atoms with Crippen LogP contribution in [0.5, 0.6) is 5.75 Å². The topological polar surface area (TPSA) is 88.6 Å². The first-order valence-corrected chi connectivity index (χ1v) is 10.6. The first-order chi connectivity index (χ1) is 14.1. The van der Waals surface area contributed by atoms with E-state index in [1.54, 1.807) is 13.8 Å². The van der Waals surface area contributed by atoms with Crippen molar-refractivity contribution >= 4 is 34.0 Å². The van der Waals surface area contributed by atoms with Crippen LogP contribution in [0.2, 0.25) is 0 Å². The fourth-order valence-electron chi connectivity index (χ4n) is 3.39. The number of carbonyl (C=O) groups excluding carboxylic acids is 2. The molecule has 160 valence electrons. The van der Waals surface area contributed by atoms with E-state index in [9.17, 15) is 22.6 Å². The number of methoxy groups -OCH3 is 1. The number of benzene rings is 1. The molecular formula is C20H21F2N3O4S. The number of carbonyl (C=O) groups is 2. The van der Waals surface area contributed by atoms with Gasteiger partial charge in [-0.3, -0.25) is 18.7 Å². The average molecular weight is 437 g/mol. The van der Waals surface area contributed by atoms with Gasteiger partial charge in [-0.2, -0.15) is 4.39 Å². The van der Waals surface area contributed by atoms with Crippen molar-refractivity contribution in [2.45, 2.75) is 31.3 Å². The number of aromatic nitrogens is 1. The van der Waals surface area contributed by atoms with Crippen molar-refractivity contribution in [2.24, 2.45) is 5.41 Å². The lowest BCUT2D eigenvalue weighted by molar-refractivity contribution is -0.124. The molecule has 1 aromatic heterocycles. The third kappa shape index (κ3) is 3.91. The fourth-order valence-corrected chi connectivity index (χ4v) is 3.89. The van der Waals surface area contributed by atoms with Crippen LogP contribution in [0.15, 0.2) is 35.5 Å². The van der Waals surface area contributed by atoms with E-state index in [1.807, 2.05) is 0 Å². The zero-order chi connectivity index (χ0) is 22.2. The molecule has 2 amide bonds. The first-order valence-electron chi connectivity index (χ1n) is 9.03. The number of halogens is 2. The Kier molecular flexibility index (Phi) is 5.89. The highest BCUT2D eigenvalue weighted by Crippen LogP contribution is 2.43. The van der Waals surface area contributed by atoms with Gasteiger partial charge in [0.25, 0.3) is 0 Å². The van der Waals surface area contributed by atoms with Crippen molar-refractivity contribution in [3.63, 3.8) is 0 Å². The van der Waals surface area contributed by atoms with E-state index in [0.29, 0.717) is 5.69 Å². The van der Waals surface area contributed by atoms with Crippen LogP contribution >= 0.6 is 0 Å². The van der Waals surface area contributed by atoms with Crippen LogP contribution in [0.4, 0.5) is 20.2 Å². The monoisotopic (exact) mass is 437 g/mol. The summed E-state index contributed by atoms with van der Waals surface area (Å²) in [5.74, 6) is -3.77. The second-order valence-electron chi connectivity index (χ2n) is 7.52. The molecule has 0 aliphatic carbocycles. The lowest BCUT2D eigenvalue weighted by Crippen LogP contribution is -2.42. The van der Waals surface area contributed by atoms with Gasteiger partial charge in [-0.1, -0.05) is 13.8 Å². The van der Waals surface area contributed by atoms with Crippen LogP contribution in [0.1, 0.15) is 20.3 Å². The van der Waals surface area contributed by atoms with Crippen LogP contribution in [0, 0.1) is 17.0 Å². The van der Waals surface area contributed by atoms with Crippen LogP contribution in [0.3, 0.4) is 0 Å². The zero-order valence-corrected chi connectivity index (χ0v) is 17.7. The van der Waals surface area contributed by atoms with Gasteiger partial charge >= 0.3 is 0 Å². The van der Waals surface area contributed by atoms with Gasteiger partial charge in [-0.15, -0.1) is 0 Å². The number of amides is 2.